The average Bonchev–Trinajstić information content (AvgIpc) is 2.52. The third-order valence-electron chi connectivity index (χ3n) is 3.63. The molecule has 0 radical (unpaired) electrons. The first kappa shape index (κ1) is 16.1. The van der Waals surface area contributed by atoms with Crippen LogP contribution in [-0.2, 0) is 4.74 Å². The van der Waals surface area contributed by atoms with Gasteiger partial charge in [0.25, 0.3) is 0 Å². The molecule has 5 nitrogen and oxygen atoms in total. The fourth-order valence-electron chi connectivity index (χ4n) is 2.56. The van der Waals surface area contributed by atoms with Crippen LogP contribution in [0.3, 0.4) is 0 Å². The second-order valence-electron chi connectivity index (χ2n) is 5.23. The fraction of sp³-hybridized carbons (Fsp3) is 0.533. The van der Waals surface area contributed by atoms with E-state index < -0.39 is 0 Å². The Hall–Kier alpha value is -1.27. The van der Waals surface area contributed by atoms with Crippen molar-refractivity contribution in [2.75, 3.05) is 24.6 Å². The Morgan fingerprint density at radius 1 is 1.57 bits per heavy atom. The van der Waals surface area contributed by atoms with Crippen molar-refractivity contribution >= 4 is 27.5 Å². The van der Waals surface area contributed by atoms with E-state index in [1.54, 1.807) is 0 Å². The van der Waals surface area contributed by atoms with Crippen LogP contribution >= 0.6 is 15.9 Å². The molecule has 1 unspecified atom stereocenters. The van der Waals surface area contributed by atoms with Gasteiger partial charge in [-0.05, 0) is 53.4 Å². The summed E-state index contributed by atoms with van der Waals surface area (Å²) >= 11 is 3.58. The van der Waals surface area contributed by atoms with E-state index in [4.69, 9.17) is 15.7 Å². The minimum absolute atomic E-state index is 0.116. The Morgan fingerprint density at radius 3 is 3.05 bits per heavy atom. The van der Waals surface area contributed by atoms with E-state index in [0.717, 1.165) is 49.1 Å². The van der Waals surface area contributed by atoms with Gasteiger partial charge in [-0.3, -0.25) is 0 Å². The minimum atomic E-state index is 0.116. The summed E-state index contributed by atoms with van der Waals surface area (Å²) in [4.78, 5) is 2.32. The van der Waals surface area contributed by atoms with Crippen LogP contribution in [0.2, 0.25) is 0 Å². The lowest BCUT2D eigenvalue weighted by atomic mass is 10.1. The Morgan fingerprint density at radius 2 is 2.38 bits per heavy atom. The molecule has 0 aromatic heterocycles. The molecule has 1 aliphatic heterocycles. The Bertz CT molecular complexity index is 508. The third-order valence-corrected chi connectivity index (χ3v) is 4.26. The number of rotatable bonds is 5. The first-order chi connectivity index (χ1) is 10.2. The third kappa shape index (κ3) is 4.11. The molecule has 0 aliphatic carbocycles. The fourth-order valence-corrected chi connectivity index (χ4v) is 3.19. The number of piperidine rings is 1. The first-order valence-corrected chi connectivity index (χ1v) is 8.09. The van der Waals surface area contributed by atoms with Crippen molar-refractivity contribution in [1.29, 1.82) is 0 Å². The molecular weight excluding hydrogens is 334 g/mol. The standard InChI is InChI=1S/C15H22BrN3O2/c1-2-8-21-12-4-3-7-19(10-12)14-6-5-11(9-13(14)16)15(17)18-20/h5-6,9,12,20H,2-4,7-8,10H2,1H3,(H2,17,18). The van der Waals surface area contributed by atoms with E-state index in [-0.39, 0.29) is 5.84 Å². The first-order valence-electron chi connectivity index (χ1n) is 7.29. The van der Waals surface area contributed by atoms with Crippen molar-refractivity contribution in [1.82, 2.24) is 0 Å². The molecule has 0 saturated carbocycles. The van der Waals surface area contributed by atoms with Gasteiger partial charge in [-0.1, -0.05) is 12.1 Å². The second-order valence-corrected chi connectivity index (χ2v) is 6.09. The Balaban J connectivity index is 2.10. The van der Waals surface area contributed by atoms with E-state index in [2.05, 4.69) is 32.9 Å². The number of benzene rings is 1. The van der Waals surface area contributed by atoms with Crippen LogP contribution in [0.5, 0.6) is 0 Å². The summed E-state index contributed by atoms with van der Waals surface area (Å²) in [5, 5.41) is 11.8. The molecule has 1 saturated heterocycles. The molecule has 2 rings (SSSR count). The number of nitrogens with two attached hydrogens (primary N) is 1. The zero-order valence-electron chi connectivity index (χ0n) is 12.3. The van der Waals surface area contributed by atoms with Gasteiger partial charge in [0.2, 0.25) is 0 Å². The minimum Gasteiger partial charge on any atom is -0.409 e. The van der Waals surface area contributed by atoms with Crippen LogP contribution < -0.4 is 10.6 Å². The van der Waals surface area contributed by atoms with Gasteiger partial charge in [-0.15, -0.1) is 0 Å². The second kappa shape index (κ2) is 7.66. The number of ether oxygens (including phenoxy) is 1. The summed E-state index contributed by atoms with van der Waals surface area (Å²) in [6.45, 7) is 4.88. The highest BCUT2D eigenvalue weighted by molar-refractivity contribution is 9.10. The normalized spacial score (nSPS) is 19.8. The van der Waals surface area contributed by atoms with Crippen LogP contribution in [0.1, 0.15) is 31.7 Å². The molecule has 1 aliphatic rings. The number of oxime groups is 1. The highest BCUT2D eigenvalue weighted by Gasteiger charge is 2.22. The largest absolute Gasteiger partial charge is 0.409 e. The zero-order valence-corrected chi connectivity index (χ0v) is 13.8. The zero-order chi connectivity index (χ0) is 15.2. The molecule has 116 valence electrons. The molecule has 0 spiro atoms. The molecule has 1 heterocycles. The molecule has 0 bridgehead atoms. The summed E-state index contributed by atoms with van der Waals surface area (Å²) in [6.07, 6.45) is 3.60. The van der Waals surface area contributed by atoms with Gasteiger partial charge in [0, 0.05) is 29.7 Å². The lowest BCUT2D eigenvalue weighted by Gasteiger charge is -2.35. The highest BCUT2D eigenvalue weighted by atomic mass is 79.9. The van der Waals surface area contributed by atoms with Crippen molar-refractivity contribution in [2.24, 2.45) is 10.9 Å². The number of anilines is 1. The predicted octanol–water partition coefficient (Wildman–Crippen LogP) is 2.94. The maximum absolute atomic E-state index is 8.73. The summed E-state index contributed by atoms with van der Waals surface area (Å²) in [5.41, 5.74) is 7.43. The van der Waals surface area contributed by atoms with Crippen LogP contribution in [0, 0.1) is 0 Å². The van der Waals surface area contributed by atoms with Gasteiger partial charge in [0.15, 0.2) is 5.84 Å². The van der Waals surface area contributed by atoms with Gasteiger partial charge >= 0.3 is 0 Å². The Labute approximate surface area is 133 Å². The van der Waals surface area contributed by atoms with Gasteiger partial charge in [0.05, 0.1) is 11.8 Å². The lowest BCUT2D eigenvalue weighted by molar-refractivity contribution is 0.0440. The van der Waals surface area contributed by atoms with Crippen molar-refractivity contribution < 1.29 is 9.94 Å². The number of hydrogen-bond acceptors (Lipinski definition) is 4. The predicted molar refractivity (Wildman–Crippen MR) is 88.1 cm³/mol. The molecule has 6 heteroatoms. The maximum Gasteiger partial charge on any atom is 0.170 e. The van der Waals surface area contributed by atoms with E-state index in [1.807, 2.05) is 18.2 Å². The molecule has 0 amide bonds. The van der Waals surface area contributed by atoms with Gasteiger partial charge < -0.3 is 20.6 Å². The van der Waals surface area contributed by atoms with Crippen molar-refractivity contribution in [2.45, 2.75) is 32.3 Å². The van der Waals surface area contributed by atoms with Gasteiger partial charge in [0.1, 0.15) is 0 Å². The molecule has 1 aromatic rings. The van der Waals surface area contributed by atoms with Gasteiger partial charge in [-0.25, -0.2) is 0 Å². The van der Waals surface area contributed by atoms with Gasteiger partial charge in [-0.2, -0.15) is 0 Å². The summed E-state index contributed by atoms with van der Waals surface area (Å²) in [5.74, 6) is 0.116. The molecular formula is C15H22BrN3O2. The highest BCUT2D eigenvalue weighted by Crippen LogP contribution is 2.30. The quantitative estimate of drug-likeness (QED) is 0.368. The van der Waals surface area contributed by atoms with Crippen molar-refractivity contribution in [3.8, 4) is 0 Å². The van der Waals surface area contributed by atoms with E-state index >= 15 is 0 Å². The molecule has 21 heavy (non-hydrogen) atoms. The van der Waals surface area contributed by atoms with E-state index in [1.165, 1.54) is 0 Å². The topological polar surface area (TPSA) is 71.1 Å². The number of halogens is 1. The molecule has 1 atom stereocenters. The SMILES string of the molecule is CCCOC1CCCN(c2ccc(/C(N)=N/O)cc2Br)C1. The summed E-state index contributed by atoms with van der Waals surface area (Å²) in [6, 6.07) is 5.74. The van der Waals surface area contributed by atoms with Crippen LogP contribution in [0.15, 0.2) is 27.8 Å². The van der Waals surface area contributed by atoms with Crippen molar-refractivity contribution in [3.05, 3.63) is 28.2 Å². The lowest BCUT2D eigenvalue weighted by Crippen LogP contribution is -2.40. The van der Waals surface area contributed by atoms with E-state index in [9.17, 15) is 0 Å². The number of amidine groups is 1. The molecule has 3 N–H and O–H groups in total. The van der Waals surface area contributed by atoms with Crippen LogP contribution in [-0.4, -0.2) is 36.8 Å². The maximum atomic E-state index is 8.73. The average molecular weight is 356 g/mol. The smallest absolute Gasteiger partial charge is 0.170 e. The number of nitrogens with zero attached hydrogens (tertiary/aromatic N) is 2. The van der Waals surface area contributed by atoms with Crippen molar-refractivity contribution in [3.63, 3.8) is 0 Å². The molecule has 1 aromatic carbocycles. The molecule has 1 fully saturated rings. The Kier molecular flexibility index (Phi) is 5.87. The van der Waals surface area contributed by atoms with Crippen LogP contribution in [0.25, 0.3) is 0 Å². The summed E-state index contributed by atoms with van der Waals surface area (Å²) in [7, 11) is 0. The summed E-state index contributed by atoms with van der Waals surface area (Å²) < 4.78 is 6.82. The number of hydrogen-bond donors (Lipinski definition) is 2. The van der Waals surface area contributed by atoms with E-state index in [0.29, 0.717) is 11.7 Å². The monoisotopic (exact) mass is 355 g/mol. The van der Waals surface area contributed by atoms with Crippen LogP contribution in [0.4, 0.5) is 5.69 Å².